The first kappa shape index (κ1) is 23.1. The number of allylic oxidation sites excluding steroid dienone is 10. The quantitative estimate of drug-likeness (QED) is 0.408. The minimum Gasteiger partial charge on any atom is -0.0990 e. The lowest BCUT2D eigenvalue weighted by molar-refractivity contribution is 1.50. The molecule has 0 aromatic heterocycles. The van der Waals surface area contributed by atoms with E-state index in [1.165, 1.54) is 0 Å². The summed E-state index contributed by atoms with van der Waals surface area (Å²) in [6.07, 6.45) is 15.0. The van der Waals surface area contributed by atoms with Gasteiger partial charge in [-0.15, -0.1) is 0 Å². The van der Waals surface area contributed by atoms with Crippen molar-refractivity contribution in [2.45, 2.75) is 41.5 Å². The first-order valence-electron chi connectivity index (χ1n) is 7.21. The highest BCUT2D eigenvalue weighted by molar-refractivity contribution is 5.48. The zero-order valence-corrected chi connectivity index (χ0v) is 14.0. The largest absolute Gasteiger partial charge is 0.0990 e. The summed E-state index contributed by atoms with van der Waals surface area (Å²) in [5, 5.41) is 0. The van der Waals surface area contributed by atoms with E-state index in [0.717, 1.165) is 11.1 Å². The number of hydrogen-bond donors (Lipinski definition) is 0. The van der Waals surface area contributed by atoms with Crippen molar-refractivity contribution < 1.29 is 0 Å². The fourth-order valence-electron chi connectivity index (χ4n) is 1.04. The van der Waals surface area contributed by atoms with Crippen molar-refractivity contribution in [3.63, 3.8) is 0 Å². The van der Waals surface area contributed by atoms with E-state index in [4.69, 9.17) is 0 Å². The Hall–Kier alpha value is -2.00. The highest BCUT2D eigenvalue weighted by Crippen LogP contribution is 1.99. The summed E-state index contributed by atoms with van der Waals surface area (Å²) in [6, 6.07) is 0. The van der Waals surface area contributed by atoms with Gasteiger partial charge in [0.15, 0.2) is 0 Å². The lowest BCUT2D eigenvalue weighted by Gasteiger charge is -1.89. The standard InChI is InChI=1S/C16H18.2C2H6/c1-5-9-15(10-6-2)13-14-16(11-7-3)12-8-4;2*1-2/h5-12H,1,3H2,2,4H3;2*1-2H3/b10-6-,12-8-,15-9+,16-11+;;. The fraction of sp³-hybridized carbons (Fsp3) is 0.300. The molecule has 0 heteroatoms. The van der Waals surface area contributed by atoms with E-state index in [9.17, 15) is 0 Å². The Bertz CT molecular complexity index is 363. The van der Waals surface area contributed by atoms with Crippen LogP contribution in [0.3, 0.4) is 0 Å². The van der Waals surface area contributed by atoms with Gasteiger partial charge in [0.2, 0.25) is 0 Å². The molecule has 0 nitrogen and oxygen atoms in total. The van der Waals surface area contributed by atoms with Gasteiger partial charge in [0.25, 0.3) is 0 Å². The van der Waals surface area contributed by atoms with Gasteiger partial charge >= 0.3 is 0 Å². The van der Waals surface area contributed by atoms with E-state index >= 15 is 0 Å². The lowest BCUT2D eigenvalue weighted by Crippen LogP contribution is -1.74. The van der Waals surface area contributed by atoms with Crippen molar-refractivity contribution in [1.82, 2.24) is 0 Å². The van der Waals surface area contributed by atoms with Crippen LogP contribution in [0.15, 0.2) is 72.9 Å². The summed E-state index contributed by atoms with van der Waals surface area (Å²) < 4.78 is 0. The maximum absolute atomic E-state index is 3.66. The highest BCUT2D eigenvalue weighted by atomic mass is 13.9. The lowest BCUT2D eigenvalue weighted by atomic mass is 10.2. The third kappa shape index (κ3) is 16.0. The molecule has 0 aliphatic carbocycles. The van der Waals surface area contributed by atoms with Gasteiger partial charge in [0.1, 0.15) is 0 Å². The normalized spacial score (nSPS) is 10.7. The van der Waals surface area contributed by atoms with Crippen LogP contribution >= 0.6 is 0 Å². The maximum Gasteiger partial charge on any atom is 0.0245 e. The van der Waals surface area contributed by atoms with Crippen molar-refractivity contribution in [3.05, 3.63) is 72.9 Å². The summed E-state index contributed by atoms with van der Waals surface area (Å²) in [6.45, 7) is 19.2. The van der Waals surface area contributed by atoms with Crippen LogP contribution in [0.5, 0.6) is 0 Å². The molecule has 0 spiro atoms. The molecule has 0 aromatic carbocycles. The van der Waals surface area contributed by atoms with Gasteiger partial charge < -0.3 is 0 Å². The predicted molar refractivity (Wildman–Crippen MR) is 96.7 cm³/mol. The zero-order valence-electron chi connectivity index (χ0n) is 14.0. The van der Waals surface area contributed by atoms with Crippen LogP contribution in [0.2, 0.25) is 0 Å². The van der Waals surface area contributed by atoms with E-state index in [2.05, 4.69) is 25.0 Å². The molecule has 0 atom stereocenters. The summed E-state index contributed by atoms with van der Waals surface area (Å²) in [5.74, 6) is 6.15. The third-order valence-electron chi connectivity index (χ3n) is 1.64. The molecular formula is C20H30. The third-order valence-corrected chi connectivity index (χ3v) is 1.64. The van der Waals surface area contributed by atoms with Crippen molar-refractivity contribution >= 4 is 0 Å². The zero-order chi connectivity index (χ0) is 16.2. The minimum atomic E-state index is 0.942. The Morgan fingerprint density at radius 3 is 1.20 bits per heavy atom. The van der Waals surface area contributed by atoms with E-state index in [0.29, 0.717) is 0 Å². The molecule has 0 heterocycles. The van der Waals surface area contributed by atoms with Crippen LogP contribution in [-0.4, -0.2) is 0 Å². The SMILES string of the molecule is C=C/C=C(C#CC(/C=C\C)=C/C=C)\C=C/C.CC.CC. The van der Waals surface area contributed by atoms with Crippen LogP contribution in [0.25, 0.3) is 0 Å². The Labute approximate surface area is 127 Å². The van der Waals surface area contributed by atoms with Gasteiger partial charge in [-0.25, -0.2) is 0 Å². The van der Waals surface area contributed by atoms with Crippen LogP contribution in [0, 0.1) is 11.8 Å². The van der Waals surface area contributed by atoms with Gasteiger partial charge in [-0.3, -0.25) is 0 Å². The average molecular weight is 270 g/mol. The summed E-state index contributed by atoms with van der Waals surface area (Å²) >= 11 is 0. The van der Waals surface area contributed by atoms with Crippen LogP contribution < -0.4 is 0 Å². The molecule has 0 unspecified atom stereocenters. The monoisotopic (exact) mass is 270 g/mol. The van der Waals surface area contributed by atoms with Gasteiger partial charge in [0.05, 0.1) is 0 Å². The second-order valence-corrected chi connectivity index (χ2v) is 2.97. The molecule has 0 N–H and O–H groups in total. The summed E-state index contributed by atoms with van der Waals surface area (Å²) in [7, 11) is 0. The second kappa shape index (κ2) is 22.2. The van der Waals surface area contributed by atoms with E-state index in [1.807, 2.05) is 78.0 Å². The molecule has 0 aliphatic heterocycles. The smallest absolute Gasteiger partial charge is 0.0245 e. The minimum absolute atomic E-state index is 0.942. The molecule has 0 saturated heterocycles. The van der Waals surface area contributed by atoms with Crippen LogP contribution in [-0.2, 0) is 0 Å². The maximum atomic E-state index is 3.66. The van der Waals surface area contributed by atoms with Crippen molar-refractivity contribution in [2.75, 3.05) is 0 Å². The van der Waals surface area contributed by atoms with Crippen molar-refractivity contribution in [1.29, 1.82) is 0 Å². The van der Waals surface area contributed by atoms with E-state index in [-0.39, 0.29) is 0 Å². The second-order valence-electron chi connectivity index (χ2n) is 2.97. The van der Waals surface area contributed by atoms with E-state index in [1.54, 1.807) is 12.2 Å². The topological polar surface area (TPSA) is 0 Å². The number of rotatable bonds is 4. The predicted octanol–water partition coefficient (Wildman–Crippen LogP) is 6.42. The molecule has 110 valence electrons. The van der Waals surface area contributed by atoms with Crippen LogP contribution in [0.1, 0.15) is 41.5 Å². The molecule has 0 aliphatic rings. The molecule has 0 radical (unpaired) electrons. The molecular weight excluding hydrogens is 240 g/mol. The summed E-state index contributed by atoms with van der Waals surface area (Å²) in [5.41, 5.74) is 1.88. The number of hydrogen-bond acceptors (Lipinski definition) is 0. The Morgan fingerprint density at radius 2 is 1.00 bits per heavy atom. The van der Waals surface area contributed by atoms with Gasteiger partial charge in [0, 0.05) is 11.1 Å². The van der Waals surface area contributed by atoms with Crippen molar-refractivity contribution in [2.24, 2.45) is 0 Å². The molecule has 0 aromatic rings. The summed E-state index contributed by atoms with van der Waals surface area (Å²) in [4.78, 5) is 0. The average Bonchev–Trinajstić information content (AvgIpc) is 2.49. The fourth-order valence-corrected chi connectivity index (χ4v) is 1.04. The van der Waals surface area contributed by atoms with Gasteiger partial charge in [-0.2, -0.15) is 0 Å². The molecule has 20 heavy (non-hydrogen) atoms. The van der Waals surface area contributed by atoms with Gasteiger partial charge in [-0.05, 0) is 26.0 Å². The Balaban J connectivity index is -0.000000656. The molecule has 0 rings (SSSR count). The highest BCUT2D eigenvalue weighted by Gasteiger charge is 1.84. The molecule has 0 amide bonds. The van der Waals surface area contributed by atoms with Crippen LogP contribution in [0.4, 0.5) is 0 Å². The molecule has 0 bridgehead atoms. The Kier molecular flexibility index (Phi) is 25.7. The first-order valence-corrected chi connectivity index (χ1v) is 7.21. The molecule has 0 saturated carbocycles. The van der Waals surface area contributed by atoms with E-state index < -0.39 is 0 Å². The van der Waals surface area contributed by atoms with Gasteiger partial charge in [-0.1, -0.05) is 89.1 Å². The Morgan fingerprint density at radius 1 is 0.700 bits per heavy atom. The van der Waals surface area contributed by atoms with Crippen molar-refractivity contribution in [3.8, 4) is 11.8 Å². The first-order chi connectivity index (χ1) is 9.78. The molecule has 0 fully saturated rings.